The summed E-state index contributed by atoms with van der Waals surface area (Å²) < 4.78 is 24.7. The number of para-hydroxylation sites is 1. The highest BCUT2D eigenvalue weighted by molar-refractivity contribution is 5.90. The Balaban J connectivity index is 1.58. The molecule has 1 N–H and O–H groups in total. The van der Waals surface area contributed by atoms with E-state index >= 15 is 0 Å². The summed E-state index contributed by atoms with van der Waals surface area (Å²) in [6.07, 6.45) is 4.97. The minimum atomic E-state index is -1.20. The number of allylic oxidation sites excluding steroid dienone is 4. The molecule has 0 fully saturated rings. The lowest BCUT2D eigenvalue weighted by Crippen LogP contribution is -2.38. The Labute approximate surface area is 211 Å². The Morgan fingerprint density at radius 3 is 2.42 bits per heavy atom. The third-order valence-electron chi connectivity index (χ3n) is 6.76. The van der Waals surface area contributed by atoms with E-state index in [0.29, 0.717) is 30.8 Å². The summed E-state index contributed by atoms with van der Waals surface area (Å²) in [4.78, 5) is 12.5. The van der Waals surface area contributed by atoms with E-state index in [2.05, 4.69) is 26.0 Å². The van der Waals surface area contributed by atoms with Gasteiger partial charge >= 0.3 is 5.97 Å². The molecule has 2 aromatic rings. The van der Waals surface area contributed by atoms with Crippen molar-refractivity contribution >= 4 is 5.97 Å². The molecule has 3 aliphatic rings. The van der Waals surface area contributed by atoms with Crippen LogP contribution in [0.15, 0.2) is 71.2 Å². The average molecular weight is 489 g/mol. The summed E-state index contributed by atoms with van der Waals surface area (Å²) in [6, 6.07) is 11.5. The molecule has 36 heavy (non-hydrogen) atoms. The Hall–Kier alpha value is -3.67. The number of rotatable bonds is 5. The Morgan fingerprint density at radius 1 is 1.00 bits per heavy atom. The molecule has 1 spiro atoms. The summed E-state index contributed by atoms with van der Waals surface area (Å²) in [5.74, 6) is -0.192. The Morgan fingerprint density at radius 2 is 1.72 bits per heavy atom. The van der Waals surface area contributed by atoms with Gasteiger partial charge in [-0.2, -0.15) is 0 Å². The van der Waals surface area contributed by atoms with Gasteiger partial charge in [0.05, 0.1) is 12.0 Å². The lowest BCUT2D eigenvalue weighted by atomic mass is 9.88. The number of aromatic hydroxyl groups is 1. The number of cyclic esters (lactones) is 1. The van der Waals surface area contributed by atoms with Crippen molar-refractivity contribution in [2.75, 3.05) is 0 Å². The van der Waals surface area contributed by atoms with Crippen molar-refractivity contribution in [3.8, 4) is 11.5 Å². The molecule has 3 aliphatic heterocycles. The highest BCUT2D eigenvalue weighted by Gasteiger charge is 2.57. The van der Waals surface area contributed by atoms with E-state index in [1.165, 1.54) is 11.1 Å². The van der Waals surface area contributed by atoms with Crippen LogP contribution in [-0.4, -0.2) is 17.2 Å². The van der Waals surface area contributed by atoms with Gasteiger partial charge in [-0.1, -0.05) is 41.5 Å². The van der Waals surface area contributed by atoms with E-state index in [9.17, 15) is 9.90 Å². The lowest BCUT2D eigenvalue weighted by molar-refractivity contribution is -0.210. The minimum absolute atomic E-state index is 0.138. The Kier molecular flexibility index (Phi) is 6.07. The van der Waals surface area contributed by atoms with Crippen molar-refractivity contribution in [3.63, 3.8) is 0 Å². The second-order valence-corrected chi connectivity index (χ2v) is 10.2. The first kappa shape index (κ1) is 24.0. The zero-order valence-corrected chi connectivity index (χ0v) is 21.4. The number of hydrogen-bond acceptors (Lipinski definition) is 6. The zero-order chi connectivity index (χ0) is 25.6. The van der Waals surface area contributed by atoms with Crippen LogP contribution < -0.4 is 4.74 Å². The fourth-order valence-electron chi connectivity index (χ4n) is 4.84. The van der Waals surface area contributed by atoms with E-state index in [1.807, 2.05) is 44.2 Å². The summed E-state index contributed by atoms with van der Waals surface area (Å²) in [7, 11) is 0. The van der Waals surface area contributed by atoms with Crippen LogP contribution in [0.1, 0.15) is 69.4 Å². The molecule has 3 heterocycles. The Bertz CT molecular complexity index is 1310. The number of phenols is 1. The molecule has 3 atom stereocenters. The first-order chi connectivity index (χ1) is 17.2. The van der Waals surface area contributed by atoms with E-state index in [4.69, 9.17) is 18.9 Å². The summed E-state index contributed by atoms with van der Waals surface area (Å²) in [5, 5.41) is 10.5. The second-order valence-electron chi connectivity index (χ2n) is 10.2. The topological polar surface area (TPSA) is 74.2 Å². The number of phenolic OH excluding ortho intramolecular Hbond substituents is 1. The molecule has 0 saturated carbocycles. The van der Waals surface area contributed by atoms with Gasteiger partial charge in [0.1, 0.15) is 17.6 Å². The van der Waals surface area contributed by atoms with Gasteiger partial charge in [0.25, 0.3) is 11.5 Å². The van der Waals surface area contributed by atoms with Crippen molar-refractivity contribution in [2.24, 2.45) is 0 Å². The van der Waals surface area contributed by atoms with Gasteiger partial charge in [0.2, 0.25) is 0 Å². The number of carbonyl (C=O) groups excluding carboxylic acids is 1. The molecule has 5 rings (SSSR count). The van der Waals surface area contributed by atoms with Crippen LogP contribution in [0.25, 0.3) is 0 Å². The first-order valence-electron chi connectivity index (χ1n) is 12.4. The van der Waals surface area contributed by atoms with Crippen LogP contribution in [0.2, 0.25) is 0 Å². The number of hydrogen-bond donors (Lipinski definition) is 1. The van der Waals surface area contributed by atoms with Crippen LogP contribution in [0.5, 0.6) is 11.5 Å². The molecule has 188 valence electrons. The summed E-state index contributed by atoms with van der Waals surface area (Å²) >= 11 is 0. The van der Waals surface area contributed by atoms with Gasteiger partial charge < -0.3 is 24.1 Å². The maximum Gasteiger partial charge on any atom is 0.378 e. The number of fused-ring (bicyclic) bond motifs is 2. The largest absolute Gasteiger partial charge is 0.508 e. The molecular weight excluding hydrogens is 456 g/mol. The van der Waals surface area contributed by atoms with Gasteiger partial charge in [0.15, 0.2) is 11.9 Å². The number of carbonyl (C=O) groups is 1. The van der Waals surface area contributed by atoms with Crippen LogP contribution >= 0.6 is 0 Å². The van der Waals surface area contributed by atoms with E-state index in [1.54, 1.807) is 13.0 Å². The molecule has 0 radical (unpaired) electrons. The second kappa shape index (κ2) is 9.08. The van der Waals surface area contributed by atoms with Crippen molar-refractivity contribution in [1.82, 2.24) is 0 Å². The van der Waals surface area contributed by atoms with Crippen LogP contribution in [-0.2, 0) is 37.6 Å². The molecule has 6 heteroatoms. The molecule has 0 saturated heterocycles. The van der Waals surface area contributed by atoms with Crippen molar-refractivity contribution < 1.29 is 28.8 Å². The van der Waals surface area contributed by atoms with Gasteiger partial charge in [-0.25, -0.2) is 4.79 Å². The van der Waals surface area contributed by atoms with E-state index in [0.717, 1.165) is 22.3 Å². The monoisotopic (exact) mass is 488 g/mol. The fourth-order valence-corrected chi connectivity index (χ4v) is 4.84. The maximum atomic E-state index is 12.5. The van der Waals surface area contributed by atoms with Crippen LogP contribution in [0.4, 0.5) is 0 Å². The molecule has 2 aromatic carbocycles. The number of ether oxygens (including phenoxy) is 4. The quantitative estimate of drug-likeness (QED) is 0.394. The molecule has 3 unspecified atom stereocenters. The van der Waals surface area contributed by atoms with Crippen LogP contribution in [0.3, 0.4) is 0 Å². The lowest BCUT2D eigenvalue weighted by Gasteiger charge is -2.40. The third-order valence-corrected chi connectivity index (χ3v) is 6.76. The highest BCUT2D eigenvalue weighted by atomic mass is 16.8. The standard InChI is InChI=1S/C30H32O6/c1-17(2)9-11-20-7-6-8-23-27(20)34-25(22-13-14-24(31)21(15-22)12-10-18(3)4)16-30(23)35-26-19(5)33-29(32)28(26)36-30/h6-10,13-15,19,25,31H,11-12,16H2,1-5H3. The molecule has 6 nitrogen and oxygen atoms in total. The van der Waals surface area contributed by atoms with Gasteiger partial charge in [0, 0.05) is 0 Å². The molecule has 0 bridgehead atoms. The van der Waals surface area contributed by atoms with Gasteiger partial charge in [-0.15, -0.1) is 0 Å². The summed E-state index contributed by atoms with van der Waals surface area (Å²) in [6.45, 7) is 9.98. The third kappa shape index (κ3) is 4.25. The van der Waals surface area contributed by atoms with Gasteiger partial charge in [-0.3, -0.25) is 0 Å². The SMILES string of the molecule is CC(C)=CCc1cc(C2CC3(OC4=C(O3)C(C)OC4=O)c3cccc(CC=C(C)C)c3O2)ccc1O. The molecule has 0 amide bonds. The van der Waals surface area contributed by atoms with Gasteiger partial charge in [-0.05, 0) is 82.3 Å². The van der Waals surface area contributed by atoms with E-state index in [-0.39, 0.29) is 11.5 Å². The normalized spacial score (nSPS) is 23.8. The van der Waals surface area contributed by atoms with Crippen molar-refractivity contribution in [3.05, 3.63) is 93.5 Å². The maximum absolute atomic E-state index is 12.5. The molecule has 0 aliphatic carbocycles. The van der Waals surface area contributed by atoms with Crippen molar-refractivity contribution in [1.29, 1.82) is 0 Å². The number of benzene rings is 2. The zero-order valence-electron chi connectivity index (χ0n) is 21.4. The predicted molar refractivity (Wildman–Crippen MR) is 135 cm³/mol. The first-order valence-corrected chi connectivity index (χ1v) is 12.4. The van der Waals surface area contributed by atoms with E-state index < -0.39 is 24.0 Å². The molecule has 0 aromatic heterocycles. The summed E-state index contributed by atoms with van der Waals surface area (Å²) in [5.41, 5.74) is 5.89. The fraction of sp³-hybridized carbons (Fsp3) is 0.367. The number of esters is 1. The highest BCUT2D eigenvalue weighted by Crippen LogP contribution is 2.55. The average Bonchev–Trinajstić information content (AvgIpc) is 3.33. The van der Waals surface area contributed by atoms with Crippen LogP contribution in [0, 0.1) is 0 Å². The predicted octanol–water partition coefficient (Wildman–Crippen LogP) is 6.29. The van der Waals surface area contributed by atoms with Crippen molar-refractivity contribution in [2.45, 2.75) is 71.9 Å². The smallest absolute Gasteiger partial charge is 0.378 e. The molecular formula is C30H32O6. The minimum Gasteiger partial charge on any atom is -0.508 e.